The van der Waals surface area contributed by atoms with E-state index in [-0.39, 0.29) is 0 Å². The van der Waals surface area contributed by atoms with Gasteiger partial charge in [0.25, 0.3) is 5.56 Å². The fourth-order valence-electron chi connectivity index (χ4n) is 3.00. The van der Waals surface area contributed by atoms with Crippen LogP contribution in [-0.2, 0) is 4.79 Å². The van der Waals surface area contributed by atoms with Gasteiger partial charge >= 0.3 is 6.55 Å². The summed E-state index contributed by atoms with van der Waals surface area (Å²) < 4.78 is 28.4. The first kappa shape index (κ1) is 18.8. The van der Waals surface area contributed by atoms with Crippen LogP contribution in [0, 0.1) is 0 Å². The lowest BCUT2D eigenvalue weighted by molar-refractivity contribution is -0.106. The van der Waals surface area contributed by atoms with Crippen molar-refractivity contribution in [2.45, 2.75) is 32.2 Å². The van der Waals surface area contributed by atoms with Crippen LogP contribution in [0.2, 0.25) is 0 Å². The van der Waals surface area contributed by atoms with E-state index < -0.39 is 12.1 Å². The Balaban J connectivity index is 0.000000659. The van der Waals surface area contributed by atoms with Crippen LogP contribution in [0.1, 0.15) is 37.8 Å². The van der Waals surface area contributed by atoms with Gasteiger partial charge in [-0.15, -0.1) is 0 Å². The summed E-state index contributed by atoms with van der Waals surface area (Å²) in [4.78, 5) is 24.8. The summed E-state index contributed by atoms with van der Waals surface area (Å²) in [5.74, 6) is 1.20. The van der Waals surface area contributed by atoms with Crippen molar-refractivity contribution in [3.8, 4) is 5.69 Å². The van der Waals surface area contributed by atoms with Crippen LogP contribution in [0.5, 0.6) is 0 Å². The van der Waals surface area contributed by atoms with Crippen LogP contribution in [0.4, 0.5) is 14.6 Å². The number of anilines is 1. The molecule has 142 valence electrons. The Morgan fingerprint density at radius 3 is 2.59 bits per heavy atom. The first-order chi connectivity index (χ1) is 13.0. The molecule has 0 amide bonds. The Bertz CT molecular complexity index is 1020. The third-order valence-electron chi connectivity index (χ3n) is 4.41. The van der Waals surface area contributed by atoms with Gasteiger partial charge in [-0.1, -0.05) is 0 Å². The number of hydrogen-bond donors (Lipinski definition) is 1. The van der Waals surface area contributed by atoms with Crippen molar-refractivity contribution in [1.29, 1.82) is 0 Å². The molecule has 3 heterocycles. The molecule has 6 nitrogen and oxygen atoms in total. The van der Waals surface area contributed by atoms with Gasteiger partial charge in [-0.2, -0.15) is 8.78 Å². The fraction of sp³-hybridized carbons (Fsp3) is 0.316. The minimum Gasteiger partial charge on any atom is -0.373 e. The van der Waals surface area contributed by atoms with Gasteiger partial charge in [0.05, 0.1) is 11.2 Å². The zero-order valence-electron chi connectivity index (χ0n) is 15.0. The number of fused-ring (bicyclic) bond motifs is 1. The molecule has 0 aromatic carbocycles. The lowest BCUT2D eigenvalue weighted by atomic mass is 10.1. The molecule has 4 rings (SSSR count). The molecule has 3 aromatic heterocycles. The Kier molecular flexibility index (Phi) is 5.34. The van der Waals surface area contributed by atoms with Crippen LogP contribution in [0.3, 0.4) is 0 Å². The standard InChI is InChI=1S/C17H16F2N4O.C2H4O/c1-20-15-6-14-12(7-21-15)13(10-2-3-10)9-22(14)11-4-5-16(24)23(8-11)17(18)19;1-2-3/h4-10,17H,2-3H2,1H3,(H,20,21);2H,1H3. The van der Waals surface area contributed by atoms with Crippen molar-refractivity contribution >= 4 is 23.0 Å². The molecule has 1 aliphatic rings. The quantitative estimate of drug-likeness (QED) is 0.707. The van der Waals surface area contributed by atoms with Crippen LogP contribution in [0.25, 0.3) is 16.6 Å². The summed E-state index contributed by atoms with van der Waals surface area (Å²) in [6, 6.07) is 4.63. The summed E-state index contributed by atoms with van der Waals surface area (Å²) in [7, 11) is 1.78. The van der Waals surface area contributed by atoms with Crippen molar-refractivity contribution < 1.29 is 13.6 Å². The summed E-state index contributed by atoms with van der Waals surface area (Å²) in [5, 5.41) is 4.01. The number of nitrogens with zero attached hydrogens (tertiary/aromatic N) is 3. The Morgan fingerprint density at radius 2 is 2.00 bits per heavy atom. The van der Waals surface area contributed by atoms with Crippen LogP contribution in [0.15, 0.2) is 41.6 Å². The number of carbonyl (C=O) groups excluding carboxylic acids is 1. The van der Waals surface area contributed by atoms with Crippen LogP contribution < -0.4 is 10.9 Å². The maximum atomic E-state index is 13.0. The molecule has 0 aliphatic heterocycles. The van der Waals surface area contributed by atoms with Gasteiger partial charge in [-0.25, -0.2) is 4.98 Å². The van der Waals surface area contributed by atoms with Gasteiger partial charge < -0.3 is 14.7 Å². The zero-order valence-corrected chi connectivity index (χ0v) is 15.0. The van der Waals surface area contributed by atoms with Crippen molar-refractivity contribution in [1.82, 2.24) is 14.1 Å². The molecule has 1 saturated carbocycles. The van der Waals surface area contributed by atoms with Crippen molar-refractivity contribution in [2.75, 3.05) is 12.4 Å². The van der Waals surface area contributed by atoms with E-state index in [1.54, 1.807) is 13.1 Å². The number of aromatic nitrogens is 3. The van der Waals surface area contributed by atoms with Crippen molar-refractivity contribution in [3.05, 3.63) is 52.7 Å². The molecule has 0 radical (unpaired) electrons. The van der Waals surface area contributed by atoms with E-state index in [0.29, 0.717) is 22.0 Å². The first-order valence-corrected chi connectivity index (χ1v) is 8.59. The lowest BCUT2D eigenvalue weighted by Gasteiger charge is -2.10. The molecule has 0 atom stereocenters. The first-order valence-electron chi connectivity index (χ1n) is 8.59. The second-order valence-corrected chi connectivity index (χ2v) is 6.21. The van der Waals surface area contributed by atoms with E-state index in [4.69, 9.17) is 4.79 Å². The summed E-state index contributed by atoms with van der Waals surface area (Å²) >= 11 is 0. The average Bonchev–Trinajstić information content (AvgIpc) is 3.43. The highest BCUT2D eigenvalue weighted by molar-refractivity contribution is 5.87. The molecular formula is C19H20F2N4O2. The van der Waals surface area contributed by atoms with Gasteiger partial charge in [-0.05, 0) is 37.3 Å². The Morgan fingerprint density at radius 1 is 1.30 bits per heavy atom. The molecule has 1 fully saturated rings. The Hall–Kier alpha value is -3.03. The lowest BCUT2D eigenvalue weighted by Crippen LogP contribution is -2.19. The number of nitrogens with one attached hydrogen (secondary N) is 1. The molecule has 3 aromatic rings. The number of rotatable bonds is 4. The molecule has 0 unspecified atom stereocenters. The second kappa shape index (κ2) is 7.69. The number of alkyl halides is 2. The highest BCUT2D eigenvalue weighted by atomic mass is 19.3. The third kappa shape index (κ3) is 3.74. The van der Waals surface area contributed by atoms with E-state index in [1.807, 2.05) is 23.0 Å². The summed E-state index contributed by atoms with van der Waals surface area (Å²) in [5.41, 5.74) is 1.87. The number of carbonyl (C=O) groups is 1. The fourth-order valence-corrected chi connectivity index (χ4v) is 3.00. The number of hydrogen-bond acceptors (Lipinski definition) is 4. The SMILES string of the molecule is CC=O.CNc1cc2c(cn1)c(C1CC1)cn2-c1ccc(=O)n(C(F)F)c1. The van der Waals surface area contributed by atoms with Gasteiger partial charge in [-0.3, -0.25) is 9.36 Å². The average molecular weight is 374 g/mol. The Labute approximate surface area is 154 Å². The summed E-state index contributed by atoms with van der Waals surface area (Å²) in [6.45, 7) is -1.42. The van der Waals surface area contributed by atoms with Crippen molar-refractivity contribution in [3.63, 3.8) is 0 Å². The molecule has 27 heavy (non-hydrogen) atoms. The monoisotopic (exact) mass is 374 g/mol. The molecule has 0 saturated heterocycles. The number of aldehydes is 1. The van der Waals surface area contributed by atoms with E-state index in [2.05, 4.69) is 10.3 Å². The van der Waals surface area contributed by atoms with Crippen LogP contribution >= 0.6 is 0 Å². The van der Waals surface area contributed by atoms with Gasteiger partial charge in [0, 0.05) is 43.2 Å². The maximum Gasteiger partial charge on any atom is 0.321 e. The number of pyridine rings is 2. The normalized spacial score (nSPS) is 13.4. The topological polar surface area (TPSA) is 68.9 Å². The molecular weight excluding hydrogens is 354 g/mol. The van der Waals surface area contributed by atoms with Crippen molar-refractivity contribution in [2.24, 2.45) is 0 Å². The predicted octanol–water partition coefficient (Wildman–Crippen LogP) is 3.71. The largest absolute Gasteiger partial charge is 0.373 e. The van der Waals surface area contributed by atoms with E-state index in [1.165, 1.54) is 24.8 Å². The summed E-state index contributed by atoms with van der Waals surface area (Å²) in [6.07, 6.45) is 7.99. The number of halogens is 2. The van der Waals surface area contributed by atoms with Crippen LogP contribution in [-0.4, -0.2) is 27.5 Å². The highest BCUT2D eigenvalue weighted by Crippen LogP contribution is 2.44. The van der Waals surface area contributed by atoms with E-state index in [9.17, 15) is 13.6 Å². The van der Waals surface area contributed by atoms with Gasteiger partial charge in [0.1, 0.15) is 12.1 Å². The zero-order chi connectivity index (χ0) is 19.6. The smallest absolute Gasteiger partial charge is 0.321 e. The van der Waals surface area contributed by atoms with Gasteiger partial charge in [0.2, 0.25) is 0 Å². The minimum atomic E-state index is -2.86. The van der Waals surface area contributed by atoms with E-state index in [0.717, 1.165) is 30.0 Å². The molecule has 0 bridgehead atoms. The minimum absolute atomic E-state index is 0.443. The van der Waals surface area contributed by atoms with E-state index >= 15 is 0 Å². The maximum absolute atomic E-state index is 13.0. The molecule has 1 aliphatic carbocycles. The predicted molar refractivity (Wildman–Crippen MR) is 99.8 cm³/mol. The third-order valence-corrected chi connectivity index (χ3v) is 4.41. The second-order valence-electron chi connectivity index (χ2n) is 6.21. The molecule has 1 N–H and O–H groups in total. The molecule has 8 heteroatoms. The highest BCUT2D eigenvalue weighted by Gasteiger charge is 2.28. The van der Waals surface area contributed by atoms with Gasteiger partial charge in [0.15, 0.2) is 0 Å². The molecule has 0 spiro atoms.